The quantitative estimate of drug-likeness (QED) is 0.0619. The van der Waals surface area contributed by atoms with Crippen molar-refractivity contribution >= 4 is 46.4 Å². The van der Waals surface area contributed by atoms with E-state index < -0.39 is 0 Å². The van der Waals surface area contributed by atoms with Gasteiger partial charge in [-0.3, -0.25) is 0 Å². The maximum atomic E-state index is 6.40. The third kappa shape index (κ3) is 11.5. The molecule has 10 heteroatoms. The number of ether oxygens (including phenoxy) is 4. The third-order valence-electron chi connectivity index (χ3n) is 13.6. The lowest BCUT2D eigenvalue weighted by Gasteiger charge is -2.30. The Morgan fingerprint density at radius 3 is 1.00 bits per heavy atom. The van der Waals surface area contributed by atoms with Crippen LogP contribution in [-0.2, 0) is 0 Å². The molecule has 0 saturated carbocycles. The zero-order valence-corrected chi connectivity index (χ0v) is 42.6. The highest BCUT2D eigenvalue weighted by molar-refractivity contribution is 6.00. The Balaban J connectivity index is 1.14. The lowest BCUT2D eigenvalue weighted by atomic mass is 10.0. The SMILES string of the molecule is COc1ccc(-c2c3nc(c(-c4ccc(OC)cc4)c4ccc([nH]4)c(-c4ccc(OCCC[N+](C)(C)CCCCCC[N+](C)(C)C)cc4)c4nc(c(-c5ccc(OC)cc5)c5ccc2[nH]5)C=C4)C=C3)cc1. The van der Waals surface area contributed by atoms with Crippen molar-refractivity contribution in [2.75, 3.05) is 82.8 Å². The molecule has 2 aliphatic rings. The Labute approximate surface area is 419 Å². The van der Waals surface area contributed by atoms with Crippen LogP contribution in [0.2, 0.25) is 0 Å². The van der Waals surface area contributed by atoms with Crippen LogP contribution in [0.4, 0.5) is 0 Å². The van der Waals surface area contributed by atoms with Gasteiger partial charge in [-0.25, -0.2) is 9.97 Å². The number of aromatic nitrogens is 4. The molecular weight excluding hydrogens is 881 g/mol. The van der Waals surface area contributed by atoms with E-state index in [1.807, 2.05) is 36.4 Å². The molecule has 0 aliphatic carbocycles. The first-order chi connectivity index (χ1) is 34.4. The summed E-state index contributed by atoms with van der Waals surface area (Å²) >= 11 is 0. The van der Waals surface area contributed by atoms with E-state index in [2.05, 4.69) is 154 Å². The van der Waals surface area contributed by atoms with E-state index in [-0.39, 0.29) is 0 Å². The number of aromatic amines is 2. The highest BCUT2D eigenvalue weighted by Gasteiger charge is 2.20. The van der Waals surface area contributed by atoms with Crippen molar-refractivity contribution in [3.8, 4) is 67.5 Å². The molecule has 0 spiro atoms. The van der Waals surface area contributed by atoms with Gasteiger partial charge in [0.25, 0.3) is 0 Å². The number of unbranched alkanes of at least 4 members (excludes halogenated alkanes) is 3. The van der Waals surface area contributed by atoms with Crippen LogP contribution in [0, 0.1) is 0 Å². The summed E-state index contributed by atoms with van der Waals surface area (Å²) in [5.41, 5.74) is 14.9. The minimum atomic E-state index is 0.667. The van der Waals surface area contributed by atoms with Gasteiger partial charge >= 0.3 is 0 Å². The summed E-state index contributed by atoms with van der Waals surface area (Å²) in [7, 11) is 16.6. The van der Waals surface area contributed by atoms with Gasteiger partial charge in [0.2, 0.25) is 0 Å². The van der Waals surface area contributed by atoms with Gasteiger partial charge < -0.3 is 37.9 Å². The van der Waals surface area contributed by atoms with E-state index in [1.165, 1.54) is 38.8 Å². The van der Waals surface area contributed by atoms with Gasteiger partial charge in [-0.2, -0.15) is 0 Å². The molecule has 8 bridgehead atoms. The Morgan fingerprint density at radius 2 is 0.676 bits per heavy atom. The fraction of sp³-hybridized carbons (Fsp3) is 0.279. The minimum absolute atomic E-state index is 0.667. The van der Waals surface area contributed by atoms with Crippen LogP contribution in [0.1, 0.15) is 54.9 Å². The summed E-state index contributed by atoms with van der Waals surface area (Å²) in [6, 6.07) is 41.5. The van der Waals surface area contributed by atoms with Crippen molar-refractivity contribution in [1.29, 1.82) is 0 Å². The molecule has 0 saturated heterocycles. The van der Waals surface area contributed by atoms with Gasteiger partial charge in [0.1, 0.15) is 23.0 Å². The molecule has 5 heterocycles. The van der Waals surface area contributed by atoms with Crippen molar-refractivity contribution < 1.29 is 27.9 Å². The van der Waals surface area contributed by atoms with Crippen molar-refractivity contribution in [1.82, 2.24) is 19.9 Å². The summed E-state index contributed by atoms with van der Waals surface area (Å²) in [4.78, 5) is 18.6. The number of hydrogen-bond donors (Lipinski definition) is 2. The first kappa shape index (κ1) is 48.6. The largest absolute Gasteiger partial charge is 0.497 e. The molecule has 2 N–H and O–H groups in total. The zero-order valence-electron chi connectivity index (χ0n) is 42.6. The molecule has 2 aliphatic heterocycles. The Hall–Kier alpha value is -7.40. The highest BCUT2D eigenvalue weighted by Crippen LogP contribution is 2.39. The number of H-pyrrole nitrogens is 2. The van der Waals surface area contributed by atoms with Gasteiger partial charge in [-0.15, -0.1) is 0 Å². The van der Waals surface area contributed by atoms with Gasteiger partial charge in [-0.1, -0.05) is 48.5 Å². The van der Waals surface area contributed by atoms with E-state index in [0.29, 0.717) is 6.61 Å². The van der Waals surface area contributed by atoms with Crippen molar-refractivity contribution in [2.45, 2.75) is 32.1 Å². The predicted molar refractivity (Wildman–Crippen MR) is 294 cm³/mol. The Morgan fingerprint density at radius 1 is 0.366 bits per heavy atom. The molecule has 0 unspecified atom stereocenters. The van der Waals surface area contributed by atoms with E-state index in [9.17, 15) is 0 Å². The maximum Gasteiger partial charge on any atom is 0.119 e. The second-order valence-corrected chi connectivity index (χ2v) is 20.2. The lowest BCUT2D eigenvalue weighted by Crippen LogP contribution is -2.41. The summed E-state index contributed by atoms with van der Waals surface area (Å²) in [5, 5.41) is 0. The number of quaternary nitrogens is 2. The van der Waals surface area contributed by atoms with E-state index in [1.54, 1.807) is 21.3 Å². The monoisotopic (exact) mass is 949 g/mol. The van der Waals surface area contributed by atoms with E-state index in [4.69, 9.17) is 28.9 Å². The van der Waals surface area contributed by atoms with E-state index in [0.717, 1.165) is 134 Å². The van der Waals surface area contributed by atoms with Gasteiger partial charge in [0.05, 0.1) is 106 Å². The third-order valence-corrected chi connectivity index (χ3v) is 13.6. The van der Waals surface area contributed by atoms with Gasteiger partial charge in [0, 0.05) is 50.7 Å². The van der Waals surface area contributed by atoms with Crippen molar-refractivity contribution in [3.05, 3.63) is 144 Å². The van der Waals surface area contributed by atoms with Crippen LogP contribution in [0.15, 0.2) is 121 Å². The molecule has 0 atom stereocenters. The van der Waals surface area contributed by atoms with Crippen LogP contribution in [0.5, 0.6) is 23.0 Å². The van der Waals surface area contributed by atoms with E-state index >= 15 is 0 Å². The Bertz CT molecular complexity index is 3150. The number of methoxy groups -OCH3 is 3. The first-order valence-electron chi connectivity index (χ1n) is 24.8. The van der Waals surface area contributed by atoms with Gasteiger partial charge in [-0.05, 0) is 145 Å². The molecule has 0 amide bonds. The Kier molecular flexibility index (Phi) is 14.6. The first-order valence-corrected chi connectivity index (χ1v) is 24.8. The second-order valence-electron chi connectivity index (χ2n) is 20.2. The van der Waals surface area contributed by atoms with Gasteiger partial charge in [0.15, 0.2) is 0 Å². The number of rotatable bonds is 19. The number of nitrogens with zero attached hydrogens (tertiary/aromatic N) is 4. The maximum absolute atomic E-state index is 6.40. The fourth-order valence-corrected chi connectivity index (χ4v) is 9.69. The zero-order chi connectivity index (χ0) is 49.5. The molecule has 7 aromatic rings. The second kappa shape index (κ2) is 21.3. The molecule has 3 aromatic heterocycles. The number of nitrogens with one attached hydrogen (secondary N) is 2. The fourth-order valence-electron chi connectivity index (χ4n) is 9.69. The molecule has 71 heavy (non-hydrogen) atoms. The van der Waals surface area contributed by atoms with Crippen molar-refractivity contribution in [3.63, 3.8) is 0 Å². The minimum Gasteiger partial charge on any atom is -0.497 e. The standard InChI is InChI=1S/C61H68N6O4/c1-66(2,3)38-11-9-10-12-39-67(4,5)40-13-41-71-49-28-20-45(21-29-49)61-56-36-34-54(64-56)59(43-16-24-47(69-7)25-17-43)52-32-30-50(62-52)58(42-14-22-46(68-6)23-15-42)51-31-33-53(63-51)60(55-35-37-57(61)65-55)44-18-26-48(70-8)27-19-44/h14-37,62,65H,9-13,38-41H2,1-8H3/q+2. The number of hydrogen-bond acceptors (Lipinski definition) is 6. The molecule has 364 valence electrons. The van der Waals surface area contributed by atoms with Crippen LogP contribution < -0.4 is 18.9 Å². The van der Waals surface area contributed by atoms with Crippen LogP contribution in [0.25, 0.3) is 90.9 Å². The number of fused-ring (bicyclic) bond motifs is 8. The molecule has 9 rings (SSSR count). The highest BCUT2D eigenvalue weighted by atomic mass is 16.5. The normalized spacial score (nSPS) is 12.3. The summed E-state index contributed by atoms with van der Waals surface area (Å²) in [5.74, 6) is 3.20. The summed E-state index contributed by atoms with van der Waals surface area (Å²) in [6.07, 6.45) is 14.6. The predicted octanol–water partition coefficient (Wildman–Crippen LogP) is 13.5. The molecule has 10 nitrogen and oxygen atoms in total. The molecule has 0 fully saturated rings. The number of benzene rings is 4. The molecular formula is C61H68N6O4+2. The topological polar surface area (TPSA) is 94.3 Å². The van der Waals surface area contributed by atoms with Crippen molar-refractivity contribution in [2.24, 2.45) is 0 Å². The average Bonchev–Trinajstić information content (AvgIpc) is 4.23. The molecule has 4 aromatic carbocycles. The smallest absolute Gasteiger partial charge is 0.119 e. The average molecular weight is 949 g/mol. The lowest BCUT2D eigenvalue weighted by molar-refractivity contribution is -0.890. The molecule has 0 radical (unpaired) electrons. The summed E-state index contributed by atoms with van der Waals surface area (Å²) < 4.78 is 25.2. The van der Waals surface area contributed by atoms with Crippen LogP contribution in [-0.4, -0.2) is 112 Å². The van der Waals surface area contributed by atoms with Crippen LogP contribution >= 0.6 is 0 Å². The van der Waals surface area contributed by atoms with Crippen LogP contribution in [0.3, 0.4) is 0 Å². The summed E-state index contributed by atoms with van der Waals surface area (Å²) in [6.45, 7) is 4.17.